The summed E-state index contributed by atoms with van der Waals surface area (Å²) in [5.74, 6) is 0.813. The smallest absolute Gasteiger partial charge is 0.267 e. The topological polar surface area (TPSA) is 82.3 Å². The van der Waals surface area contributed by atoms with Crippen LogP contribution in [0.1, 0.15) is 62.9 Å². The van der Waals surface area contributed by atoms with Crippen LogP contribution < -0.4 is 5.32 Å². The molecule has 1 saturated carbocycles. The molecule has 2 N–H and O–H groups in total. The molecule has 2 aliphatic rings. The number of aromatic nitrogens is 1. The van der Waals surface area contributed by atoms with Crippen LogP contribution in [0.2, 0.25) is 0 Å². The Hall–Kier alpha value is -1.34. The first-order valence-corrected chi connectivity index (χ1v) is 10.8. The van der Waals surface area contributed by atoms with Crippen molar-refractivity contribution in [1.29, 1.82) is 0 Å². The minimum absolute atomic E-state index is 0.154. The normalized spacial score (nSPS) is 28.6. The number of carbonyl (C=O) groups excluding carboxylic acids is 1. The minimum atomic E-state index is -3.51. The molecule has 0 spiro atoms. The number of H-pyrrole nitrogens is 1. The van der Waals surface area contributed by atoms with Gasteiger partial charge in [-0.05, 0) is 37.2 Å². The fourth-order valence-corrected chi connectivity index (χ4v) is 5.45. The number of hydrogen-bond acceptors (Lipinski definition) is 3. The number of amides is 1. The van der Waals surface area contributed by atoms with Crippen LogP contribution in [0.25, 0.3) is 0 Å². The van der Waals surface area contributed by atoms with Crippen LogP contribution in [0.5, 0.6) is 0 Å². The Kier molecular flexibility index (Phi) is 5.53. The van der Waals surface area contributed by atoms with E-state index >= 15 is 0 Å². The summed E-state index contributed by atoms with van der Waals surface area (Å²) in [7, 11) is -3.51. The van der Waals surface area contributed by atoms with Crippen LogP contribution in [0.3, 0.4) is 0 Å². The molecule has 2 fully saturated rings. The average Bonchev–Trinajstić information content (AvgIpc) is 3.11. The lowest BCUT2D eigenvalue weighted by Crippen LogP contribution is -2.43. The third-order valence-electron chi connectivity index (χ3n) is 5.88. The second-order valence-electron chi connectivity index (χ2n) is 7.56. The summed E-state index contributed by atoms with van der Waals surface area (Å²) in [4.78, 5) is 15.6. The molecule has 1 saturated heterocycles. The molecule has 6 nitrogen and oxygen atoms in total. The van der Waals surface area contributed by atoms with Crippen molar-refractivity contribution in [3.8, 4) is 0 Å². The van der Waals surface area contributed by atoms with Crippen molar-refractivity contribution in [2.45, 2.75) is 63.3 Å². The summed E-state index contributed by atoms with van der Waals surface area (Å²) < 4.78 is 26.9. The van der Waals surface area contributed by atoms with E-state index in [1.807, 2.05) is 0 Å². The van der Waals surface area contributed by atoms with E-state index in [-0.39, 0.29) is 16.8 Å². The Balaban J connectivity index is 1.69. The monoisotopic (exact) mass is 367 g/mol. The third kappa shape index (κ3) is 3.92. The summed E-state index contributed by atoms with van der Waals surface area (Å²) >= 11 is 0. The molecule has 1 amide bonds. The molecule has 1 aliphatic carbocycles. The molecular formula is C18H29N3O3S. The number of nitrogens with zero attached hydrogens (tertiary/aromatic N) is 1. The van der Waals surface area contributed by atoms with Gasteiger partial charge in [-0.3, -0.25) is 4.79 Å². The molecule has 1 aromatic rings. The van der Waals surface area contributed by atoms with E-state index in [0.29, 0.717) is 30.6 Å². The number of carbonyl (C=O) groups is 1. The predicted octanol–water partition coefficient (Wildman–Crippen LogP) is 2.74. The van der Waals surface area contributed by atoms with Crippen molar-refractivity contribution in [3.05, 3.63) is 18.0 Å². The van der Waals surface area contributed by atoms with E-state index in [1.165, 1.54) is 23.0 Å². The van der Waals surface area contributed by atoms with Gasteiger partial charge in [0.1, 0.15) is 10.6 Å². The molecule has 0 unspecified atom stereocenters. The summed E-state index contributed by atoms with van der Waals surface area (Å²) in [5.41, 5.74) is 0.320. The zero-order chi connectivity index (χ0) is 18.0. The number of rotatable bonds is 4. The Morgan fingerprint density at radius 1 is 1.16 bits per heavy atom. The summed E-state index contributed by atoms with van der Waals surface area (Å²) in [6.07, 6.45) is 7.61. The second-order valence-corrected chi connectivity index (χ2v) is 9.50. The lowest BCUT2D eigenvalue weighted by molar-refractivity contribution is 0.0886. The predicted molar refractivity (Wildman–Crippen MR) is 96.8 cm³/mol. The molecule has 0 radical (unpaired) electrons. The van der Waals surface area contributed by atoms with Crippen molar-refractivity contribution < 1.29 is 13.2 Å². The molecular weight excluding hydrogens is 338 g/mol. The van der Waals surface area contributed by atoms with Gasteiger partial charge in [0, 0.05) is 25.3 Å². The van der Waals surface area contributed by atoms with Crippen molar-refractivity contribution in [1.82, 2.24) is 14.6 Å². The van der Waals surface area contributed by atoms with Crippen molar-refractivity contribution in [2.75, 3.05) is 13.1 Å². The van der Waals surface area contributed by atoms with Gasteiger partial charge in [0.2, 0.25) is 10.0 Å². The Morgan fingerprint density at radius 3 is 2.60 bits per heavy atom. The second kappa shape index (κ2) is 7.50. The maximum Gasteiger partial charge on any atom is 0.267 e. The molecule has 1 aliphatic heterocycles. The van der Waals surface area contributed by atoms with Gasteiger partial charge in [-0.2, -0.15) is 4.31 Å². The highest BCUT2D eigenvalue weighted by Crippen LogP contribution is 2.29. The molecule has 3 atom stereocenters. The fourth-order valence-electron chi connectivity index (χ4n) is 3.94. The number of nitrogens with one attached hydrogen (secondary N) is 2. The van der Waals surface area contributed by atoms with Crippen LogP contribution in [-0.4, -0.2) is 42.7 Å². The average molecular weight is 368 g/mol. The van der Waals surface area contributed by atoms with Crippen LogP contribution >= 0.6 is 0 Å². The number of sulfonamides is 1. The Morgan fingerprint density at radius 2 is 1.88 bits per heavy atom. The van der Waals surface area contributed by atoms with Crippen LogP contribution in [0.4, 0.5) is 0 Å². The van der Waals surface area contributed by atoms with Gasteiger partial charge in [-0.25, -0.2) is 8.42 Å². The van der Waals surface area contributed by atoms with Gasteiger partial charge in [0.15, 0.2) is 0 Å². The van der Waals surface area contributed by atoms with Crippen LogP contribution in [-0.2, 0) is 10.0 Å². The van der Waals surface area contributed by atoms with Crippen LogP contribution in [0.15, 0.2) is 17.2 Å². The number of piperidine rings is 1. The van der Waals surface area contributed by atoms with Gasteiger partial charge >= 0.3 is 0 Å². The molecule has 2 heterocycles. The summed E-state index contributed by atoms with van der Waals surface area (Å²) in [6.45, 7) is 5.52. The first-order chi connectivity index (χ1) is 11.9. The number of hydrogen-bond donors (Lipinski definition) is 2. The summed E-state index contributed by atoms with van der Waals surface area (Å²) in [5, 5.41) is 3.08. The highest BCUT2D eigenvalue weighted by molar-refractivity contribution is 7.89. The van der Waals surface area contributed by atoms with Gasteiger partial charge in [0.05, 0.1) is 0 Å². The van der Waals surface area contributed by atoms with E-state index < -0.39 is 10.0 Å². The SMILES string of the molecule is C[C@@H]1[C@H](C)CCC[C@@H]1NC(=O)c1cc(S(=O)(=O)N2CCCCC2)c[nH]1. The third-order valence-corrected chi connectivity index (χ3v) is 7.75. The first-order valence-electron chi connectivity index (χ1n) is 9.39. The maximum absolute atomic E-state index is 12.7. The molecule has 3 rings (SSSR count). The van der Waals surface area contributed by atoms with E-state index in [4.69, 9.17) is 0 Å². The van der Waals surface area contributed by atoms with E-state index in [0.717, 1.165) is 32.1 Å². The highest BCUT2D eigenvalue weighted by atomic mass is 32.2. The fraction of sp³-hybridized carbons (Fsp3) is 0.722. The van der Waals surface area contributed by atoms with E-state index in [2.05, 4.69) is 24.1 Å². The van der Waals surface area contributed by atoms with Crippen molar-refractivity contribution in [3.63, 3.8) is 0 Å². The molecule has 25 heavy (non-hydrogen) atoms. The first kappa shape index (κ1) is 18.5. The van der Waals surface area contributed by atoms with Crippen LogP contribution in [0, 0.1) is 11.8 Å². The molecule has 0 aromatic carbocycles. The largest absolute Gasteiger partial charge is 0.356 e. The van der Waals surface area contributed by atoms with E-state index in [9.17, 15) is 13.2 Å². The zero-order valence-electron chi connectivity index (χ0n) is 15.1. The minimum Gasteiger partial charge on any atom is -0.356 e. The van der Waals surface area contributed by atoms with Gasteiger partial charge in [-0.15, -0.1) is 0 Å². The Labute approximate surface area is 150 Å². The van der Waals surface area contributed by atoms with Crippen molar-refractivity contribution in [2.24, 2.45) is 11.8 Å². The maximum atomic E-state index is 12.7. The van der Waals surface area contributed by atoms with Gasteiger partial charge in [0.25, 0.3) is 5.91 Å². The Bertz CT molecular complexity index is 707. The van der Waals surface area contributed by atoms with Crippen molar-refractivity contribution >= 4 is 15.9 Å². The van der Waals surface area contributed by atoms with Gasteiger partial charge < -0.3 is 10.3 Å². The quantitative estimate of drug-likeness (QED) is 0.858. The zero-order valence-corrected chi connectivity index (χ0v) is 15.9. The lowest BCUT2D eigenvalue weighted by atomic mass is 9.78. The van der Waals surface area contributed by atoms with Gasteiger partial charge in [-0.1, -0.05) is 33.1 Å². The number of aromatic amines is 1. The molecule has 1 aromatic heterocycles. The lowest BCUT2D eigenvalue weighted by Gasteiger charge is -2.34. The molecule has 140 valence electrons. The molecule has 7 heteroatoms. The molecule has 0 bridgehead atoms. The standard InChI is InChI=1S/C18H29N3O3S/c1-13-7-6-8-16(14(13)2)20-18(22)17-11-15(12-19-17)25(23,24)21-9-4-3-5-10-21/h11-14,16,19H,3-10H2,1-2H3,(H,20,22)/t13-,14-,16+/m1/s1. The highest BCUT2D eigenvalue weighted by Gasteiger charge is 2.30. The summed E-state index contributed by atoms with van der Waals surface area (Å²) in [6, 6.07) is 1.62. The van der Waals surface area contributed by atoms with E-state index in [1.54, 1.807) is 0 Å².